The zero-order valence-electron chi connectivity index (χ0n) is 16.4. The van der Waals surface area contributed by atoms with E-state index in [2.05, 4.69) is 0 Å². The van der Waals surface area contributed by atoms with E-state index in [0.717, 1.165) is 6.07 Å². The van der Waals surface area contributed by atoms with Gasteiger partial charge in [-0.05, 0) is 29.3 Å². The average Bonchev–Trinajstić information content (AvgIpc) is 2.72. The molecule has 0 unspecified atom stereocenters. The van der Waals surface area contributed by atoms with Crippen LogP contribution in [0.5, 0.6) is 0 Å². The molecule has 2 aromatic rings. The van der Waals surface area contributed by atoms with Crippen molar-refractivity contribution in [3.63, 3.8) is 0 Å². The minimum Gasteiger partial charge on any atom is -0.380 e. The number of amides is 1. The summed E-state index contributed by atoms with van der Waals surface area (Å²) < 4.78 is 43.8. The van der Waals surface area contributed by atoms with Crippen LogP contribution >= 0.6 is 0 Å². The summed E-state index contributed by atoms with van der Waals surface area (Å²) in [6, 6.07) is 12.3. The van der Waals surface area contributed by atoms with E-state index in [1.54, 1.807) is 35.2 Å². The maximum absolute atomic E-state index is 12.9. The van der Waals surface area contributed by atoms with Gasteiger partial charge in [0.25, 0.3) is 5.91 Å². The Bertz CT molecular complexity index is 920. The number of hydrogen-bond donors (Lipinski definition) is 1. The monoisotopic (exact) mass is 420 g/mol. The molecule has 2 aromatic carbocycles. The number of carbonyl (C=O) groups excluding carboxylic acids is 1. The third kappa shape index (κ3) is 4.35. The fourth-order valence-electron chi connectivity index (χ4n) is 3.80. The van der Waals surface area contributed by atoms with Crippen molar-refractivity contribution < 1.29 is 27.8 Å². The summed E-state index contributed by atoms with van der Waals surface area (Å²) >= 11 is 0. The number of ether oxygens (including phenoxy) is 1. The molecule has 2 saturated heterocycles. The minimum atomic E-state index is -4.35. The predicted octanol–water partition coefficient (Wildman–Crippen LogP) is 2.88. The molecule has 1 N–H and O–H groups in total. The van der Waals surface area contributed by atoms with Crippen molar-refractivity contribution in [2.75, 3.05) is 39.4 Å². The molecule has 4 rings (SSSR count). The van der Waals surface area contributed by atoms with Crippen molar-refractivity contribution in [3.8, 4) is 0 Å². The van der Waals surface area contributed by atoms with Crippen LogP contribution in [0.3, 0.4) is 0 Å². The second-order valence-electron chi connectivity index (χ2n) is 7.87. The minimum absolute atomic E-state index is 0.112. The van der Waals surface area contributed by atoms with E-state index >= 15 is 0 Å². The quantitative estimate of drug-likeness (QED) is 0.827. The number of alkyl halides is 3. The molecule has 30 heavy (non-hydrogen) atoms. The number of carbonyl (C=O) groups is 1. The first-order chi connectivity index (χ1) is 14.2. The smallest absolute Gasteiger partial charge is 0.380 e. The van der Waals surface area contributed by atoms with Gasteiger partial charge in [-0.25, -0.2) is 0 Å². The van der Waals surface area contributed by atoms with Crippen molar-refractivity contribution >= 4 is 5.91 Å². The lowest BCUT2D eigenvalue weighted by atomic mass is 9.91. The highest BCUT2D eigenvalue weighted by Gasteiger charge is 2.38. The van der Waals surface area contributed by atoms with Crippen LogP contribution in [-0.4, -0.2) is 60.2 Å². The van der Waals surface area contributed by atoms with Crippen LogP contribution in [0.2, 0.25) is 0 Å². The maximum Gasteiger partial charge on any atom is 0.416 e. The predicted molar refractivity (Wildman–Crippen MR) is 104 cm³/mol. The molecular formula is C22H23F3N2O3. The Balaban J connectivity index is 1.36. The Morgan fingerprint density at radius 1 is 1.03 bits per heavy atom. The van der Waals surface area contributed by atoms with Crippen molar-refractivity contribution in [1.82, 2.24) is 9.80 Å². The highest BCUT2D eigenvalue weighted by Crippen LogP contribution is 2.31. The summed E-state index contributed by atoms with van der Waals surface area (Å²) in [4.78, 5) is 16.7. The summed E-state index contributed by atoms with van der Waals surface area (Å²) in [5.41, 5.74) is 0.113. The number of aliphatic hydroxyl groups is 1. The molecule has 2 fully saturated rings. The van der Waals surface area contributed by atoms with E-state index in [1.807, 2.05) is 4.90 Å². The summed E-state index contributed by atoms with van der Waals surface area (Å²) in [5, 5.41) is 10.4. The topological polar surface area (TPSA) is 53.0 Å². The number of rotatable bonds is 4. The molecule has 5 nitrogen and oxygen atoms in total. The fraction of sp³-hybridized carbons (Fsp3) is 0.409. The molecule has 1 amide bonds. The van der Waals surface area contributed by atoms with Gasteiger partial charge in [0.2, 0.25) is 0 Å². The first kappa shape index (κ1) is 20.8. The van der Waals surface area contributed by atoms with Crippen molar-refractivity contribution in [1.29, 1.82) is 0 Å². The van der Waals surface area contributed by atoms with Gasteiger partial charge in [-0.2, -0.15) is 13.2 Å². The number of benzene rings is 2. The Kier molecular flexibility index (Phi) is 5.57. The fourth-order valence-corrected chi connectivity index (χ4v) is 3.80. The van der Waals surface area contributed by atoms with Crippen LogP contribution in [0, 0.1) is 0 Å². The molecular weight excluding hydrogens is 397 g/mol. The van der Waals surface area contributed by atoms with E-state index < -0.39 is 17.3 Å². The highest BCUT2D eigenvalue weighted by atomic mass is 19.4. The first-order valence-corrected chi connectivity index (χ1v) is 9.83. The van der Waals surface area contributed by atoms with Gasteiger partial charge in [0.1, 0.15) is 5.60 Å². The second kappa shape index (κ2) is 8.02. The Hall–Kier alpha value is -2.42. The van der Waals surface area contributed by atoms with Crippen LogP contribution < -0.4 is 0 Å². The van der Waals surface area contributed by atoms with Gasteiger partial charge in [-0.3, -0.25) is 9.69 Å². The summed E-state index contributed by atoms with van der Waals surface area (Å²) in [7, 11) is 0. The SMILES string of the molecule is O=C(c1cccc(C2(O)COC2)c1)N1CCN(Cc2cccc(C(F)(F)F)c2)CC1. The van der Waals surface area contributed by atoms with Crippen LogP contribution in [0.25, 0.3) is 0 Å². The molecule has 0 aliphatic carbocycles. The van der Waals surface area contributed by atoms with Crippen LogP contribution in [0.1, 0.15) is 27.0 Å². The van der Waals surface area contributed by atoms with Crippen molar-refractivity contribution in [2.24, 2.45) is 0 Å². The molecule has 0 aromatic heterocycles. The van der Waals surface area contributed by atoms with Crippen molar-refractivity contribution in [3.05, 3.63) is 70.8 Å². The van der Waals surface area contributed by atoms with E-state index in [9.17, 15) is 23.1 Å². The number of piperazine rings is 1. The van der Waals surface area contributed by atoms with Crippen molar-refractivity contribution in [2.45, 2.75) is 18.3 Å². The third-order valence-corrected chi connectivity index (χ3v) is 5.65. The second-order valence-corrected chi connectivity index (χ2v) is 7.87. The average molecular weight is 420 g/mol. The maximum atomic E-state index is 12.9. The zero-order chi connectivity index (χ0) is 21.4. The molecule has 0 spiro atoms. The highest BCUT2D eigenvalue weighted by molar-refractivity contribution is 5.94. The number of nitrogens with zero attached hydrogens (tertiary/aromatic N) is 2. The van der Waals surface area contributed by atoms with Gasteiger partial charge < -0.3 is 14.7 Å². The molecule has 2 aliphatic heterocycles. The number of hydrogen-bond acceptors (Lipinski definition) is 4. The summed E-state index contributed by atoms with van der Waals surface area (Å²) in [6.45, 7) is 3.01. The molecule has 0 saturated carbocycles. The van der Waals surface area contributed by atoms with E-state index in [4.69, 9.17) is 4.74 Å². The van der Waals surface area contributed by atoms with Crippen LogP contribution in [0.15, 0.2) is 48.5 Å². The summed E-state index contributed by atoms with van der Waals surface area (Å²) in [6.07, 6.45) is -4.35. The molecule has 8 heteroatoms. The lowest BCUT2D eigenvalue weighted by Crippen LogP contribution is -2.48. The van der Waals surface area contributed by atoms with Gasteiger partial charge in [-0.1, -0.05) is 30.3 Å². The molecule has 2 heterocycles. The third-order valence-electron chi connectivity index (χ3n) is 5.65. The lowest BCUT2D eigenvalue weighted by molar-refractivity contribution is -0.184. The number of halogens is 3. The van der Waals surface area contributed by atoms with Gasteiger partial charge in [-0.15, -0.1) is 0 Å². The Labute approximate surface area is 172 Å². The molecule has 160 valence electrons. The largest absolute Gasteiger partial charge is 0.416 e. The molecule has 0 bridgehead atoms. The first-order valence-electron chi connectivity index (χ1n) is 9.83. The van der Waals surface area contributed by atoms with Gasteiger partial charge >= 0.3 is 6.18 Å². The van der Waals surface area contributed by atoms with Crippen LogP contribution in [-0.2, 0) is 23.1 Å². The zero-order valence-corrected chi connectivity index (χ0v) is 16.4. The van der Waals surface area contributed by atoms with Gasteiger partial charge in [0.05, 0.1) is 18.8 Å². The van der Waals surface area contributed by atoms with E-state index in [-0.39, 0.29) is 19.1 Å². The van der Waals surface area contributed by atoms with E-state index in [0.29, 0.717) is 49.4 Å². The standard InChI is InChI=1S/C22H23F3N2O3/c23-22(24,25)19-6-1-3-16(11-19)13-26-7-9-27(10-8-26)20(28)17-4-2-5-18(12-17)21(29)14-30-15-21/h1-6,11-12,29H,7-10,13-15H2. The Morgan fingerprint density at radius 2 is 1.73 bits per heavy atom. The molecule has 0 radical (unpaired) electrons. The molecule has 0 atom stereocenters. The van der Waals surface area contributed by atoms with Gasteiger partial charge in [0.15, 0.2) is 0 Å². The Morgan fingerprint density at radius 3 is 2.37 bits per heavy atom. The van der Waals surface area contributed by atoms with E-state index in [1.165, 1.54) is 12.1 Å². The normalized spacial score (nSPS) is 19.4. The molecule has 2 aliphatic rings. The van der Waals surface area contributed by atoms with Crippen LogP contribution in [0.4, 0.5) is 13.2 Å². The summed E-state index contributed by atoms with van der Waals surface area (Å²) in [5.74, 6) is -0.112. The lowest BCUT2D eigenvalue weighted by Gasteiger charge is -2.37. The van der Waals surface area contributed by atoms with Gasteiger partial charge in [0, 0.05) is 38.3 Å².